The molecule has 1 aromatic heterocycles. The fourth-order valence-electron chi connectivity index (χ4n) is 1.59. The SMILES string of the molecule is CC(C)Oc1ccc(NCc2occc2Br)cc1Cl. The maximum Gasteiger partial charge on any atom is 0.138 e. The summed E-state index contributed by atoms with van der Waals surface area (Å²) in [6.45, 7) is 4.53. The van der Waals surface area contributed by atoms with E-state index in [-0.39, 0.29) is 6.10 Å². The van der Waals surface area contributed by atoms with Crippen molar-refractivity contribution in [2.75, 3.05) is 5.32 Å². The molecule has 2 rings (SSSR count). The number of nitrogens with one attached hydrogen (secondary N) is 1. The molecule has 0 aliphatic rings. The Morgan fingerprint density at radius 1 is 1.37 bits per heavy atom. The summed E-state index contributed by atoms with van der Waals surface area (Å²) in [6.07, 6.45) is 1.75. The van der Waals surface area contributed by atoms with Crippen LogP contribution in [0.2, 0.25) is 5.02 Å². The monoisotopic (exact) mass is 343 g/mol. The zero-order chi connectivity index (χ0) is 13.8. The first-order valence-corrected chi connectivity index (χ1v) is 7.15. The van der Waals surface area contributed by atoms with Crippen LogP contribution in [0.3, 0.4) is 0 Å². The molecule has 0 aliphatic carbocycles. The van der Waals surface area contributed by atoms with Crippen LogP contribution in [0.25, 0.3) is 0 Å². The zero-order valence-electron chi connectivity index (χ0n) is 10.7. The van der Waals surface area contributed by atoms with E-state index in [1.807, 2.05) is 38.1 Å². The largest absolute Gasteiger partial charge is 0.489 e. The van der Waals surface area contributed by atoms with E-state index in [2.05, 4.69) is 21.2 Å². The summed E-state index contributed by atoms with van der Waals surface area (Å²) in [5, 5.41) is 3.84. The third kappa shape index (κ3) is 3.91. The van der Waals surface area contributed by atoms with Gasteiger partial charge in [-0.15, -0.1) is 0 Å². The highest BCUT2D eigenvalue weighted by molar-refractivity contribution is 9.10. The smallest absolute Gasteiger partial charge is 0.138 e. The van der Waals surface area contributed by atoms with Crippen molar-refractivity contribution in [1.29, 1.82) is 0 Å². The number of ether oxygens (including phenoxy) is 1. The van der Waals surface area contributed by atoms with Gasteiger partial charge in [-0.25, -0.2) is 0 Å². The van der Waals surface area contributed by atoms with Gasteiger partial charge in [0, 0.05) is 5.69 Å². The first-order chi connectivity index (χ1) is 9.06. The van der Waals surface area contributed by atoms with Gasteiger partial charge in [-0.1, -0.05) is 11.6 Å². The summed E-state index contributed by atoms with van der Waals surface area (Å²) in [5.41, 5.74) is 0.921. The molecule has 0 amide bonds. The Hall–Kier alpha value is -1.13. The first-order valence-electron chi connectivity index (χ1n) is 5.98. The lowest BCUT2D eigenvalue weighted by Gasteiger charge is -2.12. The standard InChI is InChI=1S/C14H15BrClNO2/c1-9(2)19-13-4-3-10(7-12(13)16)17-8-14-11(15)5-6-18-14/h3-7,9,17H,8H2,1-2H3. The summed E-state index contributed by atoms with van der Waals surface area (Å²) >= 11 is 9.58. The van der Waals surface area contributed by atoms with E-state index in [4.69, 9.17) is 20.8 Å². The Kier molecular flexibility index (Phi) is 4.77. The molecule has 19 heavy (non-hydrogen) atoms. The summed E-state index contributed by atoms with van der Waals surface area (Å²) in [6, 6.07) is 7.50. The van der Waals surface area contributed by atoms with Crippen LogP contribution in [0.15, 0.2) is 39.4 Å². The van der Waals surface area contributed by atoms with Crippen LogP contribution in [-0.4, -0.2) is 6.10 Å². The van der Waals surface area contributed by atoms with Crippen LogP contribution in [0.5, 0.6) is 5.75 Å². The van der Waals surface area contributed by atoms with Crippen molar-refractivity contribution >= 4 is 33.2 Å². The Labute approximate surface area is 126 Å². The highest BCUT2D eigenvalue weighted by Gasteiger charge is 2.06. The highest BCUT2D eigenvalue weighted by atomic mass is 79.9. The molecule has 1 aromatic carbocycles. The fraction of sp³-hybridized carbons (Fsp3) is 0.286. The minimum absolute atomic E-state index is 0.107. The maximum absolute atomic E-state index is 6.17. The molecule has 1 heterocycles. The predicted octanol–water partition coefficient (Wildman–Crippen LogP) is 5.09. The van der Waals surface area contributed by atoms with E-state index in [1.54, 1.807) is 6.26 Å². The van der Waals surface area contributed by atoms with Gasteiger partial charge >= 0.3 is 0 Å². The number of furan rings is 1. The first kappa shape index (κ1) is 14.3. The predicted molar refractivity (Wildman–Crippen MR) is 81.0 cm³/mol. The molecular formula is C14H15BrClNO2. The highest BCUT2D eigenvalue weighted by Crippen LogP contribution is 2.29. The van der Waals surface area contributed by atoms with E-state index in [0.29, 0.717) is 17.3 Å². The molecule has 0 radical (unpaired) electrons. The van der Waals surface area contributed by atoms with Gasteiger partial charge in [-0.2, -0.15) is 0 Å². The van der Waals surface area contributed by atoms with Crippen LogP contribution >= 0.6 is 27.5 Å². The lowest BCUT2D eigenvalue weighted by molar-refractivity contribution is 0.242. The van der Waals surface area contributed by atoms with E-state index in [9.17, 15) is 0 Å². The van der Waals surface area contributed by atoms with Gasteiger partial charge < -0.3 is 14.5 Å². The quantitative estimate of drug-likeness (QED) is 0.820. The van der Waals surface area contributed by atoms with Crippen molar-refractivity contribution < 1.29 is 9.15 Å². The molecule has 102 valence electrons. The summed E-state index contributed by atoms with van der Waals surface area (Å²) in [5.74, 6) is 1.54. The molecule has 0 fully saturated rings. The molecule has 0 unspecified atom stereocenters. The third-order valence-corrected chi connectivity index (χ3v) is 3.44. The fourth-order valence-corrected chi connectivity index (χ4v) is 2.16. The number of anilines is 1. The van der Waals surface area contributed by atoms with Crippen molar-refractivity contribution in [3.63, 3.8) is 0 Å². The van der Waals surface area contributed by atoms with Crippen LogP contribution in [0.1, 0.15) is 19.6 Å². The van der Waals surface area contributed by atoms with Crippen molar-refractivity contribution in [1.82, 2.24) is 0 Å². The second-order valence-electron chi connectivity index (χ2n) is 4.36. The second-order valence-corrected chi connectivity index (χ2v) is 5.62. The van der Waals surface area contributed by atoms with Gasteiger partial charge in [0.25, 0.3) is 0 Å². The lowest BCUT2D eigenvalue weighted by atomic mass is 10.3. The van der Waals surface area contributed by atoms with Gasteiger partial charge in [-0.05, 0) is 54.0 Å². The van der Waals surface area contributed by atoms with Crippen molar-refractivity contribution in [2.45, 2.75) is 26.5 Å². The molecular weight excluding hydrogens is 330 g/mol. The molecule has 5 heteroatoms. The molecule has 0 spiro atoms. The molecule has 0 bridgehead atoms. The Morgan fingerprint density at radius 2 is 2.16 bits per heavy atom. The van der Waals surface area contributed by atoms with Crippen LogP contribution < -0.4 is 10.1 Å². The molecule has 0 saturated heterocycles. The minimum atomic E-state index is 0.107. The van der Waals surface area contributed by atoms with E-state index in [0.717, 1.165) is 15.9 Å². The van der Waals surface area contributed by atoms with E-state index >= 15 is 0 Å². The molecule has 1 N–H and O–H groups in total. The normalized spacial score (nSPS) is 10.8. The number of benzene rings is 1. The average Bonchev–Trinajstić information content (AvgIpc) is 2.75. The minimum Gasteiger partial charge on any atom is -0.489 e. The summed E-state index contributed by atoms with van der Waals surface area (Å²) in [4.78, 5) is 0. The molecule has 2 aromatic rings. The molecule has 0 saturated carbocycles. The second kappa shape index (κ2) is 6.35. The average molecular weight is 345 g/mol. The topological polar surface area (TPSA) is 34.4 Å². The number of hydrogen-bond donors (Lipinski definition) is 1. The van der Waals surface area contributed by atoms with Gasteiger partial charge in [0.1, 0.15) is 11.5 Å². The number of hydrogen-bond acceptors (Lipinski definition) is 3. The molecule has 3 nitrogen and oxygen atoms in total. The number of halogens is 2. The van der Waals surface area contributed by atoms with Gasteiger partial charge in [-0.3, -0.25) is 0 Å². The van der Waals surface area contributed by atoms with Crippen LogP contribution in [-0.2, 0) is 6.54 Å². The summed E-state index contributed by atoms with van der Waals surface area (Å²) in [7, 11) is 0. The van der Waals surface area contributed by atoms with Gasteiger partial charge in [0.15, 0.2) is 0 Å². The maximum atomic E-state index is 6.17. The van der Waals surface area contributed by atoms with E-state index < -0.39 is 0 Å². The van der Waals surface area contributed by atoms with Crippen LogP contribution in [0.4, 0.5) is 5.69 Å². The number of rotatable bonds is 5. The van der Waals surface area contributed by atoms with Gasteiger partial charge in [0.05, 0.1) is 28.4 Å². The Morgan fingerprint density at radius 3 is 2.74 bits per heavy atom. The van der Waals surface area contributed by atoms with Crippen LogP contribution in [0, 0.1) is 0 Å². The lowest BCUT2D eigenvalue weighted by Crippen LogP contribution is -2.06. The Balaban J connectivity index is 2.02. The Bertz CT molecular complexity index is 554. The van der Waals surface area contributed by atoms with Crippen molar-refractivity contribution in [3.8, 4) is 5.75 Å². The van der Waals surface area contributed by atoms with E-state index in [1.165, 1.54) is 0 Å². The van der Waals surface area contributed by atoms with Crippen molar-refractivity contribution in [3.05, 3.63) is 45.8 Å². The summed E-state index contributed by atoms with van der Waals surface area (Å²) < 4.78 is 11.9. The molecule has 0 atom stereocenters. The van der Waals surface area contributed by atoms with Gasteiger partial charge in [0.2, 0.25) is 0 Å². The zero-order valence-corrected chi connectivity index (χ0v) is 13.1. The van der Waals surface area contributed by atoms with Crippen molar-refractivity contribution in [2.24, 2.45) is 0 Å². The third-order valence-electron chi connectivity index (χ3n) is 2.44. The molecule has 0 aliphatic heterocycles.